The van der Waals surface area contributed by atoms with Gasteiger partial charge in [0.2, 0.25) is 5.78 Å². The molecule has 180 valence electrons. The van der Waals surface area contributed by atoms with E-state index < -0.39 is 17.0 Å². The van der Waals surface area contributed by atoms with Crippen LogP contribution in [-0.4, -0.2) is 41.1 Å². The number of hydrogen-bond donors (Lipinski definition) is 1. The van der Waals surface area contributed by atoms with Crippen molar-refractivity contribution in [1.82, 2.24) is 0 Å². The lowest BCUT2D eigenvalue weighted by Crippen LogP contribution is -2.60. The van der Waals surface area contributed by atoms with E-state index in [4.69, 9.17) is 9.47 Å². The number of hydrogen-bond acceptors (Lipinski definition) is 6. The molecule has 4 fully saturated rings. The molecule has 4 aliphatic rings. The summed E-state index contributed by atoms with van der Waals surface area (Å²) in [6.45, 7) is 8.98. The molecular weight excluding hydrogens is 408 g/mol. The third kappa shape index (κ3) is 3.43. The molecule has 4 rings (SSSR count). The second-order valence-corrected chi connectivity index (χ2v) is 11.7. The first-order valence-electron chi connectivity index (χ1n) is 12.5. The summed E-state index contributed by atoms with van der Waals surface area (Å²) in [6.07, 6.45) is 7.92. The van der Waals surface area contributed by atoms with Crippen LogP contribution in [0.2, 0.25) is 0 Å². The summed E-state index contributed by atoms with van der Waals surface area (Å²) in [7, 11) is 0. The van der Waals surface area contributed by atoms with Crippen LogP contribution in [0.1, 0.15) is 86.0 Å². The third-order valence-electron chi connectivity index (χ3n) is 10.4. The van der Waals surface area contributed by atoms with Crippen molar-refractivity contribution in [1.29, 1.82) is 0 Å². The average molecular weight is 449 g/mol. The Labute approximate surface area is 191 Å². The van der Waals surface area contributed by atoms with Crippen molar-refractivity contribution in [3.8, 4) is 0 Å². The van der Waals surface area contributed by atoms with Crippen LogP contribution >= 0.6 is 0 Å². The summed E-state index contributed by atoms with van der Waals surface area (Å²) < 4.78 is 10.6. The van der Waals surface area contributed by atoms with Gasteiger partial charge in [-0.2, -0.15) is 0 Å². The molecule has 6 nitrogen and oxygen atoms in total. The van der Waals surface area contributed by atoms with Crippen LogP contribution in [0.3, 0.4) is 0 Å². The zero-order valence-electron chi connectivity index (χ0n) is 20.3. The highest BCUT2D eigenvalue weighted by atomic mass is 16.5. The molecule has 0 radical (unpaired) electrons. The zero-order chi connectivity index (χ0) is 23.5. The second kappa shape index (κ2) is 8.11. The number of carbonyl (C=O) groups is 3. The monoisotopic (exact) mass is 448 g/mol. The Morgan fingerprint density at radius 1 is 0.938 bits per heavy atom. The topological polar surface area (TPSA) is 89.9 Å². The summed E-state index contributed by atoms with van der Waals surface area (Å²) in [4.78, 5) is 35.9. The van der Waals surface area contributed by atoms with Gasteiger partial charge in [-0.05, 0) is 86.4 Å². The van der Waals surface area contributed by atoms with Crippen LogP contribution in [0.5, 0.6) is 0 Å². The Bertz CT molecular complexity index is 793. The molecule has 0 aromatic heterocycles. The van der Waals surface area contributed by atoms with Gasteiger partial charge in [0.1, 0.15) is 11.7 Å². The molecular formula is C26H40O6. The number of ether oxygens (including phenoxy) is 2. The summed E-state index contributed by atoms with van der Waals surface area (Å²) in [6, 6.07) is 0. The number of fused-ring (bicyclic) bond motifs is 5. The quantitative estimate of drug-likeness (QED) is 0.652. The fourth-order valence-electron chi connectivity index (χ4n) is 8.77. The molecule has 9 atom stereocenters. The molecule has 0 amide bonds. The van der Waals surface area contributed by atoms with Crippen LogP contribution in [0.15, 0.2) is 0 Å². The highest BCUT2D eigenvalue weighted by Crippen LogP contribution is 2.69. The lowest BCUT2D eigenvalue weighted by Gasteiger charge is -2.61. The van der Waals surface area contributed by atoms with Crippen molar-refractivity contribution >= 4 is 17.7 Å². The summed E-state index contributed by atoms with van der Waals surface area (Å²) in [5.41, 5.74) is -1.70. The fraction of sp³-hybridized carbons (Fsp3) is 0.885. The maximum atomic E-state index is 13.1. The number of Topliss-reactive ketones (excluding diaryl/α,β-unsaturated/α-hetero) is 1. The molecule has 0 spiro atoms. The minimum atomic E-state index is -1.44. The van der Waals surface area contributed by atoms with E-state index in [1.807, 2.05) is 6.92 Å². The van der Waals surface area contributed by atoms with Crippen molar-refractivity contribution < 1.29 is 29.0 Å². The molecule has 0 unspecified atom stereocenters. The molecule has 0 aromatic carbocycles. The standard InChI is InChI=1S/C26H40O6/c1-15-12-22-20-7-6-18-13-19(32-17(3)28)8-10-24(18,4)21(20)9-11-25(22,5)26(15,30)23(29)14-31-16(2)27/h15,18-22,30H,6-14H2,1-5H3/t15-,18+,19-,20-,21+,22+,24+,25+,26+/m1/s1. The minimum absolute atomic E-state index is 0.0477. The highest BCUT2D eigenvalue weighted by Gasteiger charge is 2.69. The summed E-state index contributed by atoms with van der Waals surface area (Å²) >= 11 is 0. The van der Waals surface area contributed by atoms with Crippen LogP contribution in [0, 0.1) is 40.4 Å². The number of carbonyl (C=O) groups excluding carboxylic acids is 3. The van der Waals surface area contributed by atoms with Crippen molar-refractivity contribution in [2.45, 2.75) is 97.7 Å². The number of ketones is 1. The molecule has 1 N–H and O–H groups in total. The van der Waals surface area contributed by atoms with Gasteiger partial charge in [0.25, 0.3) is 0 Å². The molecule has 4 aliphatic carbocycles. The van der Waals surface area contributed by atoms with E-state index in [9.17, 15) is 19.5 Å². The Balaban J connectivity index is 1.55. The normalized spacial score (nSPS) is 47.6. The molecule has 4 saturated carbocycles. The first kappa shape index (κ1) is 23.7. The van der Waals surface area contributed by atoms with Crippen LogP contribution < -0.4 is 0 Å². The van der Waals surface area contributed by atoms with Crippen molar-refractivity contribution in [3.63, 3.8) is 0 Å². The van der Waals surface area contributed by atoms with E-state index >= 15 is 0 Å². The van der Waals surface area contributed by atoms with Gasteiger partial charge in [-0.15, -0.1) is 0 Å². The van der Waals surface area contributed by atoms with E-state index in [2.05, 4.69) is 13.8 Å². The Hall–Kier alpha value is -1.43. The Morgan fingerprint density at radius 3 is 2.31 bits per heavy atom. The van der Waals surface area contributed by atoms with Crippen molar-refractivity contribution in [2.24, 2.45) is 40.4 Å². The predicted molar refractivity (Wildman–Crippen MR) is 118 cm³/mol. The van der Waals surface area contributed by atoms with Crippen molar-refractivity contribution in [2.75, 3.05) is 6.61 Å². The minimum Gasteiger partial charge on any atom is -0.463 e. The predicted octanol–water partition coefficient (Wildman–Crippen LogP) is 4.07. The van der Waals surface area contributed by atoms with Crippen LogP contribution in [0.4, 0.5) is 0 Å². The zero-order valence-corrected chi connectivity index (χ0v) is 20.3. The van der Waals surface area contributed by atoms with Gasteiger partial charge in [0.05, 0.1) is 0 Å². The Morgan fingerprint density at radius 2 is 1.66 bits per heavy atom. The smallest absolute Gasteiger partial charge is 0.303 e. The summed E-state index contributed by atoms with van der Waals surface area (Å²) in [5, 5.41) is 11.8. The molecule has 0 heterocycles. The van der Waals surface area contributed by atoms with Gasteiger partial charge < -0.3 is 14.6 Å². The largest absolute Gasteiger partial charge is 0.463 e. The molecule has 0 aromatic rings. The Kier molecular flexibility index (Phi) is 6.01. The van der Waals surface area contributed by atoms with Gasteiger partial charge in [-0.1, -0.05) is 20.8 Å². The van der Waals surface area contributed by atoms with E-state index in [0.717, 1.165) is 51.4 Å². The fourth-order valence-corrected chi connectivity index (χ4v) is 8.77. The molecule has 6 heteroatoms. The first-order chi connectivity index (χ1) is 14.9. The van der Waals surface area contributed by atoms with Gasteiger partial charge in [-0.3, -0.25) is 14.4 Å². The highest BCUT2D eigenvalue weighted by molar-refractivity contribution is 5.91. The van der Waals surface area contributed by atoms with Gasteiger partial charge >= 0.3 is 11.9 Å². The van der Waals surface area contributed by atoms with E-state index in [-0.39, 0.29) is 35.8 Å². The number of rotatable bonds is 4. The van der Waals surface area contributed by atoms with Crippen LogP contribution in [-0.2, 0) is 23.9 Å². The van der Waals surface area contributed by atoms with Gasteiger partial charge in [-0.25, -0.2) is 0 Å². The van der Waals surface area contributed by atoms with Gasteiger partial charge in [0.15, 0.2) is 6.61 Å². The maximum Gasteiger partial charge on any atom is 0.303 e. The third-order valence-corrected chi connectivity index (χ3v) is 10.4. The maximum absolute atomic E-state index is 13.1. The first-order valence-corrected chi connectivity index (χ1v) is 12.5. The molecule has 0 bridgehead atoms. The van der Waals surface area contributed by atoms with E-state index in [1.165, 1.54) is 13.8 Å². The number of esters is 2. The second-order valence-electron chi connectivity index (χ2n) is 11.7. The van der Waals surface area contributed by atoms with Crippen LogP contribution in [0.25, 0.3) is 0 Å². The number of aliphatic hydroxyl groups is 1. The average Bonchev–Trinajstić information content (AvgIpc) is 2.93. The SMILES string of the molecule is CC(=O)OCC(=O)[C@@]1(O)[C@H](C)C[C@H]2[C@@H]3CC[C@H]4C[C@H](OC(C)=O)CC[C@]4(C)[C@H]3CC[C@@]21C. The van der Waals surface area contributed by atoms with E-state index in [1.54, 1.807) is 0 Å². The molecule has 0 aliphatic heterocycles. The van der Waals surface area contributed by atoms with Gasteiger partial charge in [0, 0.05) is 19.3 Å². The molecule has 32 heavy (non-hydrogen) atoms. The molecule has 0 saturated heterocycles. The lowest BCUT2D eigenvalue weighted by atomic mass is 9.44. The van der Waals surface area contributed by atoms with Crippen molar-refractivity contribution in [3.05, 3.63) is 0 Å². The lowest BCUT2D eigenvalue weighted by molar-refractivity contribution is -0.183. The van der Waals surface area contributed by atoms with E-state index in [0.29, 0.717) is 23.7 Å². The summed E-state index contributed by atoms with van der Waals surface area (Å²) in [5.74, 6) is 0.775.